The summed E-state index contributed by atoms with van der Waals surface area (Å²) in [5.41, 5.74) is 0.927. The summed E-state index contributed by atoms with van der Waals surface area (Å²) < 4.78 is 42.7. The third-order valence-electron chi connectivity index (χ3n) is 2.55. The lowest BCUT2D eigenvalue weighted by Gasteiger charge is -2.25. The van der Waals surface area contributed by atoms with Crippen molar-refractivity contribution >= 4 is 5.57 Å². The Hall–Kier alpha value is -1.36. The summed E-state index contributed by atoms with van der Waals surface area (Å²) in [6, 6.07) is 1.03. The van der Waals surface area contributed by atoms with Crippen LogP contribution in [0.5, 0.6) is 0 Å². The molecule has 0 bridgehead atoms. The standard InChI is InChI=1S/C11H10F3NO/c1-6-5-16-7(2)8-3-10(11(12,13)14)15-4-9(6)8/h3-4,7H,1,5H2,2H3/t7-/m0/s1. The van der Waals surface area contributed by atoms with Crippen LogP contribution in [0.2, 0.25) is 0 Å². The summed E-state index contributed by atoms with van der Waals surface area (Å²) >= 11 is 0. The van der Waals surface area contributed by atoms with E-state index in [-0.39, 0.29) is 6.10 Å². The molecule has 0 N–H and O–H groups in total. The molecule has 86 valence electrons. The lowest BCUT2D eigenvalue weighted by Crippen LogP contribution is -2.16. The van der Waals surface area contributed by atoms with E-state index >= 15 is 0 Å². The van der Waals surface area contributed by atoms with Crippen molar-refractivity contribution in [3.8, 4) is 0 Å². The summed E-state index contributed by atoms with van der Waals surface area (Å²) in [5.74, 6) is 0. The van der Waals surface area contributed by atoms with E-state index in [0.29, 0.717) is 23.3 Å². The quantitative estimate of drug-likeness (QED) is 0.681. The van der Waals surface area contributed by atoms with Gasteiger partial charge in [-0.1, -0.05) is 6.58 Å². The van der Waals surface area contributed by atoms with Gasteiger partial charge in [0.1, 0.15) is 5.69 Å². The third kappa shape index (κ3) is 1.82. The van der Waals surface area contributed by atoms with Gasteiger partial charge in [-0.2, -0.15) is 13.2 Å². The number of halogens is 3. The molecule has 16 heavy (non-hydrogen) atoms. The summed E-state index contributed by atoms with van der Waals surface area (Å²) in [6.45, 7) is 5.78. The van der Waals surface area contributed by atoms with Crippen LogP contribution in [0, 0.1) is 0 Å². The molecule has 0 fully saturated rings. The molecule has 1 aromatic rings. The van der Waals surface area contributed by atoms with Gasteiger partial charge in [0.2, 0.25) is 0 Å². The normalized spacial score (nSPS) is 20.8. The molecule has 1 aromatic heterocycles. The second-order valence-corrected chi connectivity index (χ2v) is 3.71. The zero-order valence-corrected chi connectivity index (χ0v) is 8.64. The number of nitrogens with zero attached hydrogens (tertiary/aromatic N) is 1. The fraction of sp³-hybridized carbons (Fsp3) is 0.364. The summed E-state index contributed by atoms with van der Waals surface area (Å²) in [4.78, 5) is 3.41. The van der Waals surface area contributed by atoms with Crippen molar-refractivity contribution in [1.29, 1.82) is 0 Å². The molecule has 2 nitrogen and oxygen atoms in total. The van der Waals surface area contributed by atoms with E-state index in [1.165, 1.54) is 6.20 Å². The number of aromatic nitrogens is 1. The van der Waals surface area contributed by atoms with Crippen molar-refractivity contribution < 1.29 is 17.9 Å². The molecule has 2 rings (SSSR count). The van der Waals surface area contributed by atoms with E-state index in [2.05, 4.69) is 11.6 Å². The van der Waals surface area contributed by atoms with Gasteiger partial charge in [-0.15, -0.1) is 0 Å². The lowest BCUT2D eigenvalue weighted by atomic mass is 9.96. The molecule has 0 aromatic carbocycles. The average Bonchev–Trinajstić information content (AvgIpc) is 2.22. The van der Waals surface area contributed by atoms with E-state index in [0.717, 1.165) is 6.07 Å². The van der Waals surface area contributed by atoms with Crippen LogP contribution in [-0.4, -0.2) is 11.6 Å². The summed E-state index contributed by atoms with van der Waals surface area (Å²) in [6.07, 6.45) is -3.56. The molecule has 5 heteroatoms. The highest BCUT2D eigenvalue weighted by Gasteiger charge is 2.34. The largest absolute Gasteiger partial charge is 0.433 e. The Kier molecular flexibility index (Phi) is 2.50. The van der Waals surface area contributed by atoms with Crippen LogP contribution in [0.25, 0.3) is 5.57 Å². The molecule has 1 aliphatic heterocycles. The van der Waals surface area contributed by atoms with E-state index in [4.69, 9.17) is 4.74 Å². The maximum atomic E-state index is 12.5. The number of fused-ring (bicyclic) bond motifs is 1. The van der Waals surface area contributed by atoms with E-state index in [9.17, 15) is 13.2 Å². The van der Waals surface area contributed by atoms with Gasteiger partial charge >= 0.3 is 6.18 Å². The molecule has 0 saturated carbocycles. The maximum Gasteiger partial charge on any atom is 0.433 e. The second-order valence-electron chi connectivity index (χ2n) is 3.71. The van der Waals surface area contributed by atoms with Crippen molar-refractivity contribution in [2.24, 2.45) is 0 Å². The molecule has 1 atom stereocenters. The van der Waals surface area contributed by atoms with Crippen molar-refractivity contribution in [3.05, 3.63) is 35.7 Å². The van der Waals surface area contributed by atoms with Crippen molar-refractivity contribution in [2.45, 2.75) is 19.2 Å². The highest BCUT2D eigenvalue weighted by atomic mass is 19.4. The zero-order chi connectivity index (χ0) is 11.9. The first-order chi connectivity index (χ1) is 7.39. The zero-order valence-electron chi connectivity index (χ0n) is 8.64. The van der Waals surface area contributed by atoms with Crippen LogP contribution in [0.3, 0.4) is 0 Å². The number of hydrogen-bond donors (Lipinski definition) is 0. The van der Waals surface area contributed by atoms with Gasteiger partial charge in [-0.05, 0) is 24.1 Å². The van der Waals surface area contributed by atoms with Crippen LogP contribution in [0.15, 0.2) is 18.8 Å². The molecule has 2 heterocycles. The van der Waals surface area contributed by atoms with Gasteiger partial charge in [-0.25, -0.2) is 0 Å². The molecule has 0 spiro atoms. The van der Waals surface area contributed by atoms with E-state index in [1.807, 2.05) is 0 Å². The maximum absolute atomic E-state index is 12.5. The number of alkyl halides is 3. The predicted molar refractivity (Wildman–Crippen MR) is 52.6 cm³/mol. The molecule has 1 aliphatic rings. The minimum atomic E-state index is -4.42. The third-order valence-corrected chi connectivity index (χ3v) is 2.55. The summed E-state index contributed by atoms with van der Waals surface area (Å²) in [5, 5.41) is 0. The number of rotatable bonds is 0. The first-order valence-electron chi connectivity index (χ1n) is 4.76. The second kappa shape index (κ2) is 3.59. The Morgan fingerprint density at radius 3 is 2.81 bits per heavy atom. The lowest BCUT2D eigenvalue weighted by molar-refractivity contribution is -0.141. The Morgan fingerprint density at radius 1 is 1.50 bits per heavy atom. The van der Waals surface area contributed by atoms with Crippen molar-refractivity contribution in [1.82, 2.24) is 4.98 Å². The van der Waals surface area contributed by atoms with Gasteiger partial charge in [0.05, 0.1) is 12.7 Å². The van der Waals surface area contributed by atoms with Gasteiger partial charge in [-0.3, -0.25) is 4.98 Å². The Morgan fingerprint density at radius 2 is 2.19 bits per heavy atom. The Labute approximate surface area is 90.8 Å². The van der Waals surface area contributed by atoms with Crippen molar-refractivity contribution in [2.75, 3.05) is 6.61 Å². The molecular formula is C11H10F3NO. The van der Waals surface area contributed by atoms with Crippen LogP contribution in [0.4, 0.5) is 13.2 Å². The first-order valence-corrected chi connectivity index (χ1v) is 4.76. The Balaban J connectivity index is 2.52. The molecule has 0 saturated heterocycles. The fourth-order valence-electron chi connectivity index (χ4n) is 1.65. The van der Waals surface area contributed by atoms with Gasteiger partial charge in [0.25, 0.3) is 0 Å². The molecule has 0 amide bonds. The first kappa shape index (κ1) is 11.1. The van der Waals surface area contributed by atoms with Crippen LogP contribution < -0.4 is 0 Å². The fourth-order valence-corrected chi connectivity index (χ4v) is 1.65. The highest BCUT2D eigenvalue weighted by Crippen LogP contribution is 2.35. The van der Waals surface area contributed by atoms with Crippen LogP contribution >= 0.6 is 0 Å². The van der Waals surface area contributed by atoms with Gasteiger partial charge in [0, 0.05) is 11.8 Å². The van der Waals surface area contributed by atoms with Gasteiger partial charge in [0.15, 0.2) is 0 Å². The van der Waals surface area contributed by atoms with Crippen LogP contribution in [-0.2, 0) is 10.9 Å². The number of ether oxygens (including phenoxy) is 1. The smallest absolute Gasteiger partial charge is 0.369 e. The van der Waals surface area contributed by atoms with Crippen LogP contribution in [0.1, 0.15) is 29.8 Å². The average molecular weight is 229 g/mol. The minimum Gasteiger partial charge on any atom is -0.369 e. The Bertz CT molecular complexity index is 439. The molecule has 0 radical (unpaired) electrons. The van der Waals surface area contributed by atoms with Gasteiger partial charge < -0.3 is 4.74 Å². The SMILES string of the molecule is C=C1CO[C@@H](C)c2cc(C(F)(F)F)ncc21. The van der Waals surface area contributed by atoms with E-state index < -0.39 is 11.9 Å². The summed E-state index contributed by atoms with van der Waals surface area (Å²) in [7, 11) is 0. The van der Waals surface area contributed by atoms with Crippen molar-refractivity contribution in [3.63, 3.8) is 0 Å². The molecular weight excluding hydrogens is 219 g/mol. The molecule has 0 aliphatic carbocycles. The number of pyridine rings is 1. The predicted octanol–water partition coefficient (Wildman–Crippen LogP) is 3.20. The highest BCUT2D eigenvalue weighted by molar-refractivity contribution is 5.68. The van der Waals surface area contributed by atoms with E-state index in [1.54, 1.807) is 6.92 Å². The topological polar surface area (TPSA) is 22.1 Å². The number of hydrogen-bond acceptors (Lipinski definition) is 2. The minimum absolute atomic E-state index is 0.335. The monoisotopic (exact) mass is 229 g/mol. The molecule has 0 unspecified atom stereocenters.